The zero-order valence-electron chi connectivity index (χ0n) is 26.0. The van der Waals surface area contributed by atoms with Crippen LogP contribution in [-0.2, 0) is 52.5 Å². The Kier molecular flexibility index (Phi) is 12.4. The molecule has 0 saturated carbocycles. The first kappa shape index (κ1) is 35.2. The first-order valence-corrected chi connectivity index (χ1v) is 14.0. The fourth-order valence-corrected chi connectivity index (χ4v) is 4.41. The molecule has 0 aromatic heterocycles. The number of carbonyl (C=O) groups excluding carboxylic acids is 6. The van der Waals surface area contributed by atoms with Crippen LogP contribution in [0.5, 0.6) is 17.2 Å². The molecule has 0 bridgehead atoms. The summed E-state index contributed by atoms with van der Waals surface area (Å²) in [6, 6.07) is 11.2. The van der Waals surface area contributed by atoms with E-state index in [1.165, 1.54) is 26.8 Å². The molecule has 0 N–H and O–H groups in total. The number of carbonyl (C=O) groups is 6. The van der Waals surface area contributed by atoms with Gasteiger partial charge in [-0.05, 0) is 35.4 Å². The molecule has 0 aliphatic carbocycles. The predicted molar refractivity (Wildman–Crippen MR) is 157 cm³/mol. The van der Waals surface area contributed by atoms with Crippen LogP contribution < -0.4 is 14.2 Å². The summed E-state index contributed by atoms with van der Waals surface area (Å²) >= 11 is 0. The molecule has 14 heteroatoms. The lowest BCUT2D eigenvalue weighted by Gasteiger charge is -2.43. The van der Waals surface area contributed by atoms with E-state index in [0.717, 1.165) is 20.8 Å². The van der Waals surface area contributed by atoms with Gasteiger partial charge in [0.05, 0.1) is 0 Å². The standard InChI is InChI=1S/C32H34O14/c1-17(33)39-16-28-29(42-20(4)36)30(43-21(5)37)31(44-22(6)38)32(46-28)45-25-11-9-23(10-12-25)7-8-24-13-26(40-18(2)34)15-27(14-24)41-19(3)35/h7-15,28-32H,16H2,1-6H3/b8-7+/t28-,29-,30+,31-,32-/m1/s1. The van der Waals surface area contributed by atoms with Gasteiger partial charge in [-0.3, -0.25) is 28.8 Å². The highest BCUT2D eigenvalue weighted by Gasteiger charge is 2.53. The highest BCUT2D eigenvalue weighted by atomic mass is 16.7. The van der Waals surface area contributed by atoms with E-state index in [-0.39, 0.29) is 23.9 Å². The summed E-state index contributed by atoms with van der Waals surface area (Å²) < 4.78 is 43.5. The van der Waals surface area contributed by atoms with E-state index in [1.54, 1.807) is 48.6 Å². The summed E-state index contributed by atoms with van der Waals surface area (Å²) in [6.07, 6.45) is -3.15. The summed E-state index contributed by atoms with van der Waals surface area (Å²) in [5.74, 6) is -3.34. The number of rotatable bonds is 11. The van der Waals surface area contributed by atoms with Gasteiger partial charge in [0.25, 0.3) is 0 Å². The molecule has 5 atom stereocenters. The number of hydrogen-bond acceptors (Lipinski definition) is 14. The molecule has 2 aromatic carbocycles. The predicted octanol–water partition coefficient (Wildman–Crippen LogP) is 3.17. The Morgan fingerprint density at radius 1 is 0.587 bits per heavy atom. The Morgan fingerprint density at radius 3 is 1.59 bits per heavy atom. The van der Waals surface area contributed by atoms with E-state index < -0.39 is 66.5 Å². The Bertz CT molecular complexity index is 1440. The van der Waals surface area contributed by atoms with Crippen molar-refractivity contribution >= 4 is 48.0 Å². The zero-order valence-corrected chi connectivity index (χ0v) is 26.0. The molecule has 0 spiro atoms. The summed E-state index contributed by atoms with van der Waals surface area (Å²) in [5, 5.41) is 0. The molecule has 3 rings (SSSR count). The molecule has 0 amide bonds. The first-order valence-electron chi connectivity index (χ1n) is 14.0. The largest absolute Gasteiger partial charge is 0.463 e. The molecule has 1 aliphatic rings. The van der Waals surface area contributed by atoms with Gasteiger partial charge in [-0.15, -0.1) is 0 Å². The van der Waals surface area contributed by atoms with Crippen molar-refractivity contribution in [1.29, 1.82) is 0 Å². The second-order valence-corrected chi connectivity index (χ2v) is 10.0. The van der Waals surface area contributed by atoms with Crippen molar-refractivity contribution in [3.63, 3.8) is 0 Å². The third-order valence-electron chi connectivity index (χ3n) is 5.97. The van der Waals surface area contributed by atoms with Gasteiger partial charge in [-0.1, -0.05) is 24.3 Å². The molecule has 246 valence electrons. The minimum Gasteiger partial charge on any atom is -0.463 e. The van der Waals surface area contributed by atoms with Crippen LogP contribution in [0.4, 0.5) is 0 Å². The Hall–Kier alpha value is -5.24. The van der Waals surface area contributed by atoms with E-state index in [0.29, 0.717) is 11.1 Å². The van der Waals surface area contributed by atoms with Gasteiger partial charge in [-0.2, -0.15) is 0 Å². The third-order valence-corrected chi connectivity index (χ3v) is 5.97. The van der Waals surface area contributed by atoms with Crippen molar-refractivity contribution in [1.82, 2.24) is 0 Å². The minimum absolute atomic E-state index is 0.194. The number of ether oxygens (including phenoxy) is 8. The Labute approximate surface area is 264 Å². The zero-order chi connectivity index (χ0) is 34.0. The molecule has 1 heterocycles. The van der Waals surface area contributed by atoms with Crippen LogP contribution in [0.3, 0.4) is 0 Å². The molecule has 1 saturated heterocycles. The monoisotopic (exact) mass is 642 g/mol. The van der Waals surface area contributed by atoms with Crippen molar-refractivity contribution < 1.29 is 66.7 Å². The summed E-state index contributed by atoms with van der Waals surface area (Å²) in [6.45, 7) is 6.67. The SMILES string of the molecule is CC(=O)OC[C@H]1O[C@@H](Oc2ccc(/C=C/c3cc(OC(C)=O)cc(OC(C)=O)c3)cc2)[C@H](OC(C)=O)[C@@H](OC(C)=O)[C@@H]1OC(C)=O. The van der Waals surface area contributed by atoms with Crippen molar-refractivity contribution in [2.45, 2.75) is 72.2 Å². The van der Waals surface area contributed by atoms with Gasteiger partial charge in [0.2, 0.25) is 12.4 Å². The van der Waals surface area contributed by atoms with E-state index in [9.17, 15) is 28.8 Å². The highest BCUT2D eigenvalue weighted by Crippen LogP contribution is 2.31. The summed E-state index contributed by atoms with van der Waals surface area (Å²) in [5.41, 5.74) is 1.29. The fraction of sp³-hybridized carbons (Fsp3) is 0.375. The number of esters is 6. The van der Waals surface area contributed by atoms with Gasteiger partial charge in [0.1, 0.15) is 30.0 Å². The van der Waals surface area contributed by atoms with Crippen LogP contribution >= 0.6 is 0 Å². The van der Waals surface area contributed by atoms with Crippen LogP contribution in [0.1, 0.15) is 52.7 Å². The van der Waals surface area contributed by atoms with Gasteiger partial charge >= 0.3 is 35.8 Å². The lowest BCUT2D eigenvalue weighted by atomic mass is 9.98. The summed E-state index contributed by atoms with van der Waals surface area (Å²) in [4.78, 5) is 70.4. The normalized spacial score (nSPS) is 20.6. The second-order valence-electron chi connectivity index (χ2n) is 10.0. The Morgan fingerprint density at radius 2 is 1.09 bits per heavy atom. The van der Waals surface area contributed by atoms with Crippen molar-refractivity contribution in [3.05, 3.63) is 53.6 Å². The van der Waals surface area contributed by atoms with Gasteiger partial charge in [-0.25, -0.2) is 0 Å². The van der Waals surface area contributed by atoms with E-state index in [4.69, 9.17) is 37.9 Å². The molecule has 0 radical (unpaired) electrons. The van der Waals surface area contributed by atoms with Crippen LogP contribution in [-0.4, -0.2) is 73.1 Å². The first-order chi connectivity index (χ1) is 21.7. The molecule has 2 aromatic rings. The van der Waals surface area contributed by atoms with Crippen LogP contribution in [0.25, 0.3) is 12.2 Å². The van der Waals surface area contributed by atoms with Gasteiger partial charge in [0.15, 0.2) is 12.2 Å². The minimum atomic E-state index is -1.38. The topological polar surface area (TPSA) is 176 Å². The third kappa shape index (κ3) is 11.0. The smallest absolute Gasteiger partial charge is 0.308 e. The summed E-state index contributed by atoms with van der Waals surface area (Å²) in [7, 11) is 0. The lowest BCUT2D eigenvalue weighted by molar-refractivity contribution is -0.288. The Balaban J connectivity index is 1.87. The molecule has 1 fully saturated rings. The molecule has 14 nitrogen and oxygen atoms in total. The number of hydrogen-bond donors (Lipinski definition) is 0. The van der Waals surface area contributed by atoms with Crippen LogP contribution in [0.15, 0.2) is 42.5 Å². The van der Waals surface area contributed by atoms with E-state index in [1.807, 2.05) is 0 Å². The van der Waals surface area contributed by atoms with Crippen LogP contribution in [0.2, 0.25) is 0 Å². The van der Waals surface area contributed by atoms with Crippen molar-refractivity contribution in [3.8, 4) is 17.2 Å². The van der Waals surface area contributed by atoms with Crippen LogP contribution in [0, 0.1) is 0 Å². The van der Waals surface area contributed by atoms with Gasteiger partial charge < -0.3 is 37.9 Å². The fourth-order valence-electron chi connectivity index (χ4n) is 4.41. The van der Waals surface area contributed by atoms with Gasteiger partial charge in [0, 0.05) is 47.6 Å². The molecule has 0 unspecified atom stereocenters. The maximum Gasteiger partial charge on any atom is 0.308 e. The average Bonchev–Trinajstić information content (AvgIpc) is 2.93. The maximum absolute atomic E-state index is 12.0. The number of benzene rings is 2. The maximum atomic E-state index is 12.0. The highest BCUT2D eigenvalue weighted by molar-refractivity contribution is 5.75. The quantitative estimate of drug-likeness (QED) is 0.151. The molecule has 46 heavy (non-hydrogen) atoms. The molecular weight excluding hydrogens is 608 g/mol. The average molecular weight is 643 g/mol. The molecular formula is C32H34O14. The molecule has 1 aliphatic heterocycles. The van der Waals surface area contributed by atoms with E-state index >= 15 is 0 Å². The van der Waals surface area contributed by atoms with Crippen molar-refractivity contribution in [2.75, 3.05) is 6.61 Å². The van der Waals surface area contributed by atoms with E-state index in [2.05, 4.69) is 0 Å². The lowest BCUT2D eigenvalue weighted by Crippen LogP contribution is -2.63. The van der Waals surface area contributed by atoms with Crippen molar-refractivity contribution in [2.24, 2.45) is 0 Å². The second kappa shape index (κ2) is 16.2.